The van der Waals surface area contributed by atoms with Crippen molar-refractivity contribution in [3.63, 3.8) is 0 Å². The van der Waals surface area contributed by atoms with Gasteiger partial charge in [0.05, 0.1) is 11.5 Å². The normalized spacial score (nSPS) is 17.2. The monoisotopic (exact) mass is 459 g/mol. The molecule has 1 N–H and O–H groups in total. The van der Waals surface area contributed by atoms with E-state index in [-0.39, 0.29) is 23.8 Å². The van der Waals surface area contributed by atoms with Crippen LogP contribution in [0.1, 0.15) is 63.5 Å². The number of benzene rings is 2. The van der Waals surface area contributed by atoms with Crippen LogP contribution in [0.3, 0.4) is 0 Å². The molecular formula is C29H37N3O2. The Kier molecular flexibility index (Phi) is 9.27. The summed E-state index contributed by atoms with van der Waals surface area (Å²) in [5.74, 6) is 0.180. The first-order valence-electron chi connectivity index (χ1n) is 12.6. The molecule has 34 heavy (non-hydrogen) atoms. The summed E-state index contributed by atoms with van der Waals surface area (Å²) < 4.78 is 0. The minimum atomic E-state index is -0.543. The maximum atomic E-state index is 12.9. The molecule has 0 spiro atoms. The standard InChI is InChI=1S/C29H37N3O2/c1-23(2)29(22-30,25-14-7-4-8-15-25)19-10-9-17-27(33)32-21-11-16-26(32)28(34)31-20-18-24-12-5-3-6-13-24/h3-8,12-15,23,26H,9-11,16-21H2,1-2H3,(H,31,34)/t26-,29?/m1/s1. The molecule has 0 aliphatic carbocycles. The highest BCUT2D eigenvalue weighted by atomic mass is 16.2. The van der Waals surface area contributed by atoms with Gasteiger partial charge in [0.15, 0.2) is 0 Å². The van der Waals surface area contributed by atoms with E-state index in [4.69, 9.17) is 0 Å². The van der Waals surface area contributed by atoms with Crippen LogP contribution in [0, 0.1) is 17.2 Å². The van der Waals surface area contributed by atoms with E-state index in [1.165, 1.54) is 5.56 Å². The van der Waals surface area contributed by atoms with Crippen molar-refractivity contribution < 1.29 is 9.59 Å². The number of amides is 2. The summed E-state index contributed by atoms with van der Waals surface area (Å²) in [6.07, 6.45) is 5.03. The predicted octanol–water partition coefficient (Wildman–Crippen LogP) is 5.01. The van der Waals surface area contributed by atoms with E-state index in [9.17, 15) is 14.9 Å². The summed E-state index contributed by atoms with van der Waals surface area (Å²) in [5, 5.41) is 13.1. The van der Waals surface area contributed by atoms with Crippen LogP contribution >= 0.6 is 0 Å². The van der Waals surface area contributed by atoms with Crippen molar-refractivity contribution in [2.45, 2.75) is 70.3 Å². The minimum absolute atomic E-state index is 0.0471. The Morgan fingerprint density at radius 3 is 2.41 bits per heavy atom. The first-order valence-corrected chi connectivity index (χ1v) is 12.6. The van der Waals surface area contributed by atoms with E-state index >= 15 is 0 Å². The second-order valence-corrected chi connectivity index (χ2v) is 9.58. The lowest BCUT2D eigenvalue weighted by molar-refractivity contribution is -0.138. The molecule has 2 aromatic carbocycles. The molecule has 0 aromatic heterocycles. The van der Waals surface area contributed by atoms with E-state index in [0.717, 1.165) is 44.1 Å². The minimum Gasteiger partial charge on any atom is -0.354 e. The number of carbonyl (C=O) groups is 2. The second-order valence-electron chi connectivity index (χ2n) is 9.58. The molecule has 2 atom stereocenters. The van der Waals surface area contributed by atoms with E-state index < -0.39 is 5.41 Å². The number of hydrogen-bond acceptors (Lipinski definition) is 3. The SMILES string of the molecule is CC(C)C(C#N)(CCCCC(=O)N1CCC[C@@H]1C(=O)NCCc1ccccc1)c1ccccc1. The van der Waals surface area contributed by atoms with Gasteiger partial charge in [-0.15, -0.1) is 0 Å². The molecule has 3 rings (SSSR count). The Bertz CT molecular complexity index is 968. The lowest BCUT2D eigenvalue weighted by Gasteiger charge is -2.31. The third-order valence-corrected chi connectivity index (χ3v) is 7.12. The van der Waals surface area contributed by atoms with Crippen molar-refractivity contribution in [1.29, 1.82) is 5.26 Å². The van der Waals surface area contributed by atoms with Crippen molar-refractivity contribution >= 4 is 11.8 Å². The molecule has 5 heteroatoms. The summed E-state index contributed by atoms with van der Waals surface area (Å²) >= 11 is 0. The lowest BCUT2D eigenvalue weighted by Crippen LogP contribution is -2.46. The van der Waals surface area contributed by atoms with Crippen LogP contribution in [-0.4, -0.2) is 35.8 Å². The number of nitrogens with zero attached hydrogens (tertiary/aromatic N) is 2. The molecule has 2 amide bonds. The fourth-order valence-corrected chi connectivity index (χ4v) is 5.01. The predicted molar refractivity (Wildman–Crippen MR) is 135 cm³/mol. The molecular weight excluding hydrogens is 422 g/mol. The summed E-state index contributed by atoms with van der Waals surface area (Å²) in [5.41, 5.74) is 1.69. The van der Waals surface area contributed by atoms with Gasteiger partial charge in [-0.05, 0) is 49.1 Å². The largest absolute Gasteiger partial charge is 0.354 e. The van der Waals surface area contributed by atoms with E-state index in [2.05, 4.69) is 37.4 Å². The molecule has 0 radical (unpaired) electrons. The third kappa shape index (κ3) is 6.26. The maximum Gasteiger partial charge on any atom is 0.242 e. The molecule has 1 heterocycles. The smallest absolute Gasteiger partial charge is 0.242 e. The van der Waals surface area contributed by atoms with Crippen LogP contribution < -0.4 is 5.32 Å². The van der Waals surface area contributed by atoms with Gasteiger partial charge >= 0.3 is 0 Å². The summed E-state index contributed by atoms with van der Waals surface area (Å²) in [4.78, 5) is 27.4. The van der Waals surface area contributed by atoms with Crippen molar-refractivity contribution in [2.24, 2.45) is 5.92 Å². The van der Waals surface area contributed by atoms with Crippen molar-refractivity contribution in [1.82, 2.24) is 10.2 Å². The zero-order chi connectivity index (χ0) is 24.4. The summed E-state index contributed by atoms with van der Waals surface area (Å²) in [6, 6.07) is 22.3. The average Bonchev–Trinajstić information content (AvgIpc) is 3.35. The topological polar surface area (TPSA) is 73.2 Å². The molecule has 1 aliphatic heterocycles. The average molecular weight is 460 g/mol. The van der Waals surface area contributed by atoms with Gasteiger partial charge in [0.1, 0.15) is 6.04 Å². The Balaban J connectivity index is 1.48. The molecule has 180 valence electrons. The summed E-state index contributed by atoms with van der Waals surface area (Å²) in [7, 11) is 0. The highest BCUT2D eigenvalue weighted by molar-refractivity contribution is 5.88. The summed E-state index contributed by atoms with van der Waals surface area (Å²) in [6.45, 7) is 5.40. The molecule has 5 nitrogen and oxygen atoms in total. The number of hydrogen-bond donors (Lipinski definition) is 1. The lowest BCUT2D eigenvalue weighted by atomic mass is 9.69. The molecule has 1 aliphatic rings. The Labute approximate surface area is 204 Å². The van der Waals surface area contributed by atoms with Gasteiger partial charge in [-0.1, -0.05) is 80.9 Å². The van der Waals surface area contributed by atoms with Crippen LogP contribution in [0.4, 0.5) is 0 Å². The zero-order valence-corrected chi connectivity index (χ0v) is 20.5. The van der Waals surface area contributed by atoms with Crippen LogP contribution in [-0.2, 0) is 21.4 Å². The van der Waals surface area contributed by atoms with Gasteiger partial charge in [0.25, 0.3) is 0 Å². The fraction of sp³-hybridized carbons (Fsp3) is 0.483. The highest BCUT2D eigenvalue weighted by Gasteiger charge is 2.36. The van der Waals surface area contributed by atoms with E-state index in [0.29, 0.717) is 19.5 Å². The molecule has 1 fully saturated rings. The van der Waals surface area contributed by atoms with Gasteiger partial charge in [-0.3, -0.25) is 9.59 Å². The van der Waals surface area contributed by atoms with Crippen molar-refractivity contribution in [3.05, 3.63) is 71.8 Å². The Hall–Kier alpha value is -3.13. The first-order chi connectivity index (χ1) is 16.5. The quantitative estimate of drug-likeness (QED) is 0.480. The van der Waals surface area contributed by atoms with Gasteiger partial charge < -0.3 is 10.2 Å². The van der Waals surface area contributed by atoms with Gasteiger partial charge in [-0.2, -0.15) is 5.26 Å². The Morgan fingerprint density at radius 1 is 1.09 bits per heavy atom. The van der Waals surface area contributed by atoms with Gasteiger partial charge in [-0.25, -0.2) is 0 Å². The second kappa shape index (κ2) is 12.4. The van der Waals surface area contributed by atoms with Crippen molar-refractivity contribution in [2.75, 3.05) is 13.1 Å². The zero-order valence-electron chi connectivity index (χ0n) is 20.5. The first kappa shape index (κ1) is 25.5. The Morgan fingerprint density at radius 2 is 1.76 bits per heavy atom. The number of rotatable bonds is 11. The highest BCUT2D eigenvalue weighted by Crippen LogP contribution is 2.37. The van der Waals surface area contributed by atoms with Gasteiger partial charge in [0.2, 0.25) is 11.8 Å². The molecule has 0 bridgehead atoms. The van der Waals surface area contributed by atoms with Crippen LogP contribution in [0.2, 0.25) is 0 Å². The molecule has 1 unspecified atom stereocenters. The van der Waals surface area contributed by atoms with Crippen LogP contribution in [0.15, 0.2) is 60.7 Å². The van der Waals surface area contributed by atoms with E-state index in [1.54, 1.807) is 4.90 Å². The number of nitrogens with one attached hydrogen (secondary N) is 1. The van der Waals surface area contributed by atoms with Crippen molar-refractivity contribution in [3.8, 4) is 6.07 Å². The number of unbranched alkanes of at least 4 members (excludes halogenated alkanes) is 1. The third-order valence-electron chi connectivity index (χ3n) is 7.12. The molecule has 0 saturated carbocycles. The molecule has 1 saturated heterocycles. The van der Waals surface area contributed by atoms with Gasteiger partial charge in [0, 0.05) is 19.5 Å². The maximum absolute atomic E-state index is 12.9. The number of nitriles is 1. The number of carbonyl (C=O) groups excluding carboxylic acids is 2. The van der Waals surface area contributed by atoms with Crippen LogP contribution in [0.25, 0.3) is 0 Å². The fourth-order valence-electron chi connectivity index (χ4n) is 5.01. The molecule has 2 aromatic rings. The van der Waals surface area contributed by atoms with E-state index in [1.807, 2.05) is 48.5 Å². The van der Waals surface area contributed by atoms with Crippen LogP contribution in [0.5, 0.6) is 0 Å². The number of likely N-dealkylation sites (tertiary alicyclic amines) is 1.